The summed E-state index contributed by atoms with van der Waals surface area (Å²) < 4.78 is 6.28. The van der Waals surface area contributed by atoms with E-state index >= 15 is 0 Å². The Morgan fingerprint density at radius 1 is 1.42 bits per heavy atom. The Labute approximate surface area is 109 Å². The van der Waals surface area contributed by atoms with Gasteiger partial charge in [-0.1, -0.05) is 17.3 Å². The van der Waals surface area contributed by atoms with Crippen molar-refractivity contribution in [3.63, 3.8) is 0 Å². The molecule has 1 aromatic heterocycles. The van der Waals surface area contributed by atoms with Crippen LogP contribution in [0.15, 0.2) is 24.3 Å². The zero-order valence-corrected chi connectivity index (χ0v) is 10.7. The lowest BCUT2D eigenvalue weighted by Gasteiger charge is -2.16. The number of esters is 1. The molecule has 0 aliphatic heterocycles. The molecule has 0 saturated heterocycles. The van der Waals surface area contributed by atoms with E-state index in [0.29, 0.717) is 11.0 Å². The SMILES string of the molecule is CCOC(=O)[C@H](NC(C)=O)n1nnc2ccccc21. The van der Waals surface area contributed by atoms with Crippen molar-refractivity contribution in [1.82, 2.24) is 20.3 Å². The maximum atomic E-state index is 11.9. The normalized spacial score (nSPS) is 12.1. The topological polar surface area (TPSA) is 86.1 Å². The number of rotatable bonds is 4. The number of nitrogens with zero attached hydrogens (tertiary/aromatic N) is 3. The minimum atomic E-state index is -1.01. The van der Waals surface area contributed by atoms with Crippen LogP contribution in [0.3, 0.4) is 0 Å². The molecule has 0 unspecified atom stereocenters. The molecule has 1 aromatic carbocycles. The summed E-state index contributed by atoms with van der Waals surface area (Å²) in [7, 11) is 0. The van der Waals surface area contributed by atoms with Gasteiger partial charge in [0, 0.05) is 6.92 Å². The molecular weight excluding hydrogens is 248 g/mol. The highest BCUT2D eigenvalue weighted by Gasteiger charge is 2.25. The molecule has 0 bridgehead atoms. The molecule has 7 heteroatoms. The molecular formula is C12H14N4O3. The van der Waals surface area contributed by atoms with Crippen LogP contribution in [0.25, 0.3) is 11.0 Å². The van der Waals surface area contributed by atoms with Crippen LogP contribution < -0.4 is 5.32 Å². The van der Waals surface area contributed by atoms with E-state index in [4.69, 9.17) is 4.74 Å². The molecule has 1 heterocycles. The number of carbonyl (C=O) groups excluding carboxylic acids is 2. The number of carbonyl (C=O) groups is 2. The van der Waals surface area contributed by atoms with Gasteiger partial charge in [-0.15, -0.1) is 5.10 Å². The number of hydrogen-bond acceptors (Lipinski definition) is 5. The highest BCUT2D eigenvalue weighted by atomic mass is 16.5. The number of benzene rings is 1. The van der Waals surface area contributed by atoms with Crippen molar-refractivity contribution < 1.29 is 14.3 Å². The van der Waals surface area contributed by atoms with Gasteiger partial charge >= 0.3 is 5.97 Å². The van der Waals surface area contributed by atoms with Crippen molar-refractivity contribution in [2.45, 2.75) is 20.0 Å². The average Bonchev–Trinajstić information content (AvgIpc) is 2.79. The summed E-state index contributed by atoms with van der Waals surface area (Å²) in [4.78, 5) is 23.1. The fraction of sp³-hybridized carbons (Fsp3) is 0.333. The van der Waals surface area contributed by atoms with Gasteiger partial charge in [0.1, 0.15) is 5.52 Å². The van der Waals surface area contributed by atoms with Crippen molar-refractivity contribution in [3.05, 3.63) is 24.3 Å². The molecule has 1 N–H and O–H groups in total. The van der Waals surface area contributed by atoms with Crippen molar-refractivity contribution in [2.75, 3.05) is 6.61 Å². The second-order valence-corrected chi connectivity index (χ2v) is 3.88. The molecule has 0 aliphatic carbocycles. The Morgan fingerprint density at radius 3 is 2.84 bits per heavy atom. The predicted octanol–water partition coefficient (Wildman–Crippen LogP) is 0.629. The van der Waals surface area contributed by atoms with Gasteiger partial charge in [-0.05, 0) is 19.1 Å². The molecule has 0 fully saturated rings. The number of aromatic nitrogens is 3. The monoisotopic (exact) mass is 262 g/mol. The predicted molar refractivity (Wildman–Crippen MR) is 67.0 cm³/mol. The standard InChI is InChI=1S/C12H14N4O3/c1-3-19-12(18)11(13-8(2)17)16-10-7-5-4-6-9(10)14-15-16/h4-7,11H,3H2,1-2H3,(H,13,17)/t11-/m1/s1. The van der Waals surface area contributed by atoms with Gasteiger partial charge in [-0.2, -0.15) is 0 Å². The van der Waals surface area contributed by atoms with Gasteiger partial charge < -0.3 is 10.1 Å². The van der Waals surface area contributed by atoms with Gasteiger partial charge in [-0.3, -0.25) is 4.79 Å². The highest BCUT2D eigenvalue weighted by Crippen LogP contribution is 2.15. The van der Waals surface area contributed by atoms with Crippen LogP contribution in [0.4, 0.5) is 0 Å². The van der Waals surface area contributed by atoms with E-state index in [9.17, 15) is 9.59 Å². The van der Waals surface area contributed by atoms with Gasteiger partial charge in [0.2, 0.25) is 12.1 Å². The lowest BCUT2D eigenvalue weighted by molar-refractivity contribution is -0.150. The molecule has 0 radical (unpaired) electrons. The van der Waals surface area contributed by atoms with Crippen LogP contribution in [-0.4, -0.2) is 33.5 Å². The van der Waals surface area contributed by atoms with Crippen molar-refractivity contribution in [2.24, 2.45) is 0 Å². The summed E-state index contributed by atoms with van der Waals surface area (Å²) in [6.45, 7) is 3.25. The van der Waals surface area contributed by atoms with E-state index in [1.165, 1.54) is 11.6 Å². The third-order valence-electron chi connectivity index (χ3n) is 2.47. The second-order valence-electron chi connectivity index (χ2n) is 3.88. The molecule has 0 spiro atoms. The minimum Gasteiger partial charge on any atom is -0.463 e. The summed E-state index contributed by atoms with van der Waals surface area (Å²) in [6.07, 6.45) is -1.01. The molecule has 1 atom stereocenters. The Morgan fingerprint density at radius 2 is 2.16 bits per heavy atom. The first-order valence-electron chi connectivity index (χ1n) is 5.87. The van der Waals surface area contributed by atoms with Gasteiger partial charge in [-0.25, -0.2) is 9.48 Å². The number of fused-ring (bicyclic) bond motifs is 1. The van der Waals surface area contributed by atoms with Gasteiger partial charge in [0.15, 0.2) is 0 Å². The Hall–Kier alpha value is -2.44. The van der Waals surface area contributed by atoms with Crippen LogP contribution in [0.1, 0.15) is 20.0 Å². The Bertz CT molecular complexity index is 608. The largest absolute Gasteiger partial charge is 0.463 e. The van der Waals surface area contributed by atoms with E-state index in [-0.39, 0.29) is 12.5 Å². The smallest absolute Gasteiger partial charge is 0.351 e. The fourth-order valence-electron chi connectivity index (χ4n) is 1.71. The van der Waals surface area contributed by atoms with Gasteiger partial charge in [0.05, 0.1) is 12.1 Å². The second kappa shape index (κ2) is 5.47. The maximum absolute atomic E-state index is 11.9. The number of hydrogen-bond donors (Lipinski definition) is 1. The number of nitrogens with one attached hydrogen (secondary N) is 1. The first kappa shape index (κ1) is 13.0. The first-order valence-corrected chi connectivity index (χ1v) is 5.87. The number of amides is 1. The molecule has 0 saturated carbocycles. The third kappa shape index (κ3) is 2.70. The zero-order chi connectivity index (χ0) is 13.8. The zero-order valence-electron chi connectivity index (χ0n) is 10.7. The highest BCUT2D eigenvalue weighted by molar-refractivity contribution is 5.84. The summed E-state index contributed by atoms with van der Waals surface area (Å²) in [5, 5.41) is 10.4. The van der Waals surface area contributed by atoms with Gasteiger partial charge in [0.25, 0.3) is 0 Å². The van der Waals surface area contributed by atoms with Crippen molar-refractivity contribution in [1.29, 1.82) is 0 Å². The first-order chi connectivity index (χ1) is 9.13. The summed E-state index contributed by atoms with van der Waals surface area (Å²) in [5.74, 6) is -0.925. The third-order valence-corrected chi connectivity index (χ3v) is 2.47. The molecule has 1 amide bonds. The van der Waals surface area contributed by atoms with Crippen LogP contribution >= 0.6 is 0 Å². The molecule has 0 aliphatic rings. The van der Waals surface area contributed by atoms with Crippen LogP contribution in [0, 0.1) is 0 Å². The van der Waals surface area contributed by atoms with Crippen molar-refractivity contribution >= 4 is 22.9 Å². The summed E-state index contributed by atoms with van der Waals surface area (Å²) in [5.41, 5.74) is 1.29. The van der Waals surface area contributed by atoms with E-state index in [1.807, 2.05) is 6.07 Å². The average molecular weight is 262 g/mol. The van der Waals surface area contributed by atoms with Crippen molar-refractivity contribution in [3.8, 4) is 0 Å². The van der Waals surface area contributed by atoms with E-state index in [1.54, 1.807) is 25.1 Å². The maximum Gasteiger partial charge on any atom is 0.351 e. The Kier molecular flexibility index (Phi) is 3.74. The van der Waals surface area contributed by atoms with E-state index in [2.05, 4.69) is 15.6 Å². The lowest BCUT2D eigenvalue weighted by atomic mass is 10.3. The number of para-hydroxylation sites is 1. The molecule has 19 heavy (non-hydrogen) atoms. The quantitative estimate of drug-likeness (QED) is 0.817. The molecule has 2 rings (SSSR count). The van der Waals surface area contributed by atoms with E-state index < -0.39 is 12.1 Å². The van der Waals surface area contributed by atoms with Crippen LogP contribution in [0.2, 0.25) is 0 Å². The molecule has 2 aromatic rings. The lowest BCUT2D eigenvalue weighted by Crippen LogP contribution is -2.38. The van der Waals surface area contributed by atoms with Crippen LogP contribution in [0.5, 0.6) is 0 Å². The van der Waals surface area contributed by atoms with Crippen LogP contribution in [-0.2, 0) is 14.3 Å². The molecule has 100 valence electrons. The molecule has 7 nitrogen and oxygen atoms in total. The fourth-order valence-corrected chi connectivity index (χ4v) is 1.71. The van der Waals surface area contributed by atoms with E-state index in [0.717, 1.165) is 0 Å². The number of ether oxygens (including phenoxy) is 1. The summed E-state index contributed by atoms with van der Waals surface area (Å²) in [6, 6.07) is 7.16. The minimum absolute atomic E-state index is 0.224. The Balaban J connectivity index is 2.42. The summed E-state index contributed by atoms with van der Waals surface area (Å²) >= 11 is 0.